The molecule has 0 spiro atoms. The normalized spacial score (nSPS) is 8.57. The Bertz CT molecular complexity index is 340. The number of nitrogens with two attached hydrogens (primary N) is 1. The average Bonchev–Trinajstić information content (AvgIpc) is 2.77. The Morgan fingerprint density at radius 3 is 2.21 bits per heavy atom. The Morgan fingerprint density at radius 1 is 1.21 bits per heavy atom. The lowest BCUT2D eigenvalue weighted by Gasteiger charge is -1.89. The van der Waals surface area contributed by atoms with Gasteiger partial charge in [0.05, 0.1) is 6.20 Å². The maximum Gasteiger partial charge on any atom is 0.248 e. The summed E-state index contributed by atoms with van der Waals surface area (Å²) in [7, 11) is 0. The zero-order valence-corrected chi connectivity index (χ0v) is 7.46. The molecule has 2 N–H and O–H groups in total. The lowest BCUT2D eigenvalue weighted by Crippen LogP contribution is -2.09. The van der Waals surface area contributed by atoms with Crippen LogP contribution in [-0.2, 0) is 0 Å². The number of nitrogens with zero attached hydrogens (tertiary/aromatic N) is 1. The number of hydrogen-bond acceptors (Lipinski definition) is 3. The molecule has 0 atom stereocenters. The van der Waals surface area contributed by atoms with Gasteiger partial charge in [-0.05, 0) is 18.2 Å². The minimum atomic E-state index is -0.379. The van der Waals surface area contributed by atoms with E-state index in [-0.39, 0.29) is 5.91 Å². The van der Waals surface area contributed by atoms with Crippen molar-refractivity contribution in [1.82, 2.24) is 5.16 Å². The summed E-state index contributed by atoms with van der Waals surface area (Å²) in [5.41, 5.74) is 5.53. The lowest BCUT2D eigenvalue weighted by molar-refractivity contribution is 0.100. The molecule has 0 unspecified atom stereocenters. The van der Waals surface area contributed by atoms with Gasteiger partial charge in [-0.3, -0.25) is 4.79 Å². The Labute approximate surface area is 81.3 Å². The number of carbonyl (C=O) groups excluding carboxylic acids is 1. The summed E-state index contributed by atoms with van der Waals surface area (Å²) in [4.78, 5) is 10.4. The maximum absolute atomic E-state index is 10.4. The van der Waals surface area contributed by atoms with Crippen LogP contribution in [0.4, 0.5) is 0 Å². The summed E-state index contributed by atoms with van der Waals surface area (Å²) in [6.45, 7) is 0. The van der Waals surface area contributed by atoms with Gasteiger partial charge < -0.3 is 10.3 Å². The second-order valence-electron chi connectivity index (χ2n) is 2.42. The van der Waals surface area contributed by atoms with E-state index in [1.807, 2.05) is 6.07 Å². The van der Waals surface area contributed by atoms with Crippen molar-refractivity contribution in [2.75, 3.05) is 0 Å². The van der Waals surface area contributed by atoms with Crippen molar-refractivity contribution in [2.24, 2.45) is 5.73 Å². The van der Waals surface area contributed by atoms with Crippen LogP contribution in [0.1, 0.15) is 10.4 Å². The van der Waals surface area contributed by atoms with Crippen LogP contribution in [0.5, 0.6) is 0 Å². The summed E-state index contributed by atoms with van der Waals surface area (Å²) >= 11 is 0. The Morgan fingerprint density at radius 2 is 1.93 bits per heavy atom. The summed E-state index contributed by atoms with van der Waals surface area (Å²) in [6.07, 6.45) is 3.10. The number of hydrogen-bond donors (Lipinski definition) is 1. The first-order valence-electron chi connectivity index (χ1n) is 4.00. The van der Waals surface area contributed by atoms with Gasteiger partial charge in [0.25, 0.3) is 0 Å². The van der Waals surface area contributed by atoms with Crippen LogP contribution in [0.15, 0.2) is 53.4 Å². The van der Waals surface area contributed by atoms with E-state index in [4.69, 9.17) is 5.73 Å². The Hall–Kier alpha value is -2.10. The van der Waals surface area contributed by atoms with Gasteiger partial charge in [-0.15, -0.1) is 0 Å². The molecular weight excluding hydrogens is 180 g/mol. The molecule has 0 saturated carbocycles. The first-order valence-corrected chi connectivity index (χ1v) is 4.00. The quantitative estimate of drug-likeness (QED) is 0.740. The number of amides is 1. The molecule has 0 fully saturated rings. The summed E-state index contributed by atoms with van der Waals surface area (Å²) in [5.74, 6) is -0.379. The molecule has 0 bridgehead atoms. The fourth-order valence-electron chi connectivity index (χ4n) is 0.778. The zero-order valence-electron chi connectivity index (χ0n) is 7.46. The number of primary amides is 1. The molecule has 0 saturated heterocycles. The van der Waals surface area contributed by atoms with Gasteiger partial charge in [0.2, 0.25) is 5.91 Å². The van der Waals surface area contributed by atoms with Gasteiger partial charge in [-0.1, -0.05) is 23.4 Å². The zero-order chi connectivity index (χ0) is 10.2. The van der Waals surface area contributed by atoms with E-state index >= 15 is 0 Å². The monoisotopic (exact) mass is 190 g/mol. The van der Waals surface area contributed by atoms with Crippen LogP contribution >= 0.6 is 0 Å². The van der Waals surface area contributed by atoms with E-state index in [0.717, 1.165) is 0 Å². The van der Waals surface area contributed by atoms with Gasteiger partial charge in [-0.25, -0.2) is 0 Å². The van der Waals surface area contributed by atoms with Crippen molar-refractivity contribution in [3.8, 4) is 0 Å². The standard InChI is InChI=1S/C7H7NO.C3H3NO/c8-7(9)6-4-2-1-3-5-6;1-2-4-5-3-1/h1-5H,(H2,8,9);1-3H. The van der Waals surface area contributed by atoms with Crippen LogP contribution in [0.2, 0.25) is 0 Å². The van der Waals surface area contributed by atoms with Gasteiger partial charge in [0.15, 0.2) is 0 Å². The fourth-order valence-corrected chi connectivity index (χ4v) is 0.778. The molecule has 4 heteroatoms. The molecule has 2 aromatic rings. The summed E-state index contributed by atoms with van der Waals surface area (Å²) in [6, 6.07) is 10.5. The molecular formula is C10H10N2O2. The third-order valence-corrected chi connectivity index (χ3v) is 1.41. The van der Waals surface area contributed by atoms with E-state index in [1.165, 1.54) is 6.26 Å². The van der Waals surface area contributed by atoms with Crippen molar-refractivity contribution >= 4 is 5.91 Å². The number of carbonyl (C=O) groups is 1. The number of rotatable bonds is 1. The molecule has 1 aromatic carbocycles. The largest absolute Gasteiger partial charge is 0.366 e. The van der Waals surface area contributed by atoms with Crippen molar-refractivity contribution in [3.05, 3.63) is 54.4 Å². The molecule has 14 heavy (non-hydrogen) atoms. The predicted octanol–water partition coefficient (Wildman–Crippen LogP) is 1.46. The fraction of sp³-hybridized carbons (Fsp3) is 0. The minimum Gasteiger partial charge on any atom is -0.366 e. The van der Waals surface area contributed by atoms with Crippen molar-refractivity contribution in [3.63, 3.8) is 0 Å². The molecule has 0 aliphatic rings. The van der Waals surface area contributed by atoms with E-state index in [1.54, 1.807) is 36.5 Å². The lowest BCUT2D eigenvalue weighted by atomic mass is 10.2. The van der Waals surface area contributed by atoms with Gasteiger partial charge in [-0.2, -0.15) is 0 Å². The summed E-state index contributed by atoms with van der Waals surface area (Å²) < 4.78 is 4.33. The van der Waals surface area contributed by atoms with E-state index in [0.29, 0.717) is 5.56 Å². The van der Waals surface area contributed by atoms with Crippen molar-refractivity contribution in [1.29, 1.82) is 0 Å². The van der Waals surface area contributed by atoms with Crippen LogP contribution < -0.4 is 5.73 Å². The Balaban J connectivity index is 0.000000165. The molecule has 4 nitrogen and oxygen atoms in total. The maximum atomic E-state index is 10.4. The van der Waals surface area contributed by atoms with Crippen LogP contribution in [0, 0.1) is 0 Å². The highest BCUT2D eigenvalue weighted by atomic mass is 16.5. The summed E-state index contributed by atoms with van der Waals surface area (Å²) in [5, 5.41) is 3.35. The molecule has 0 aliphatic carbocycles. The second kappa shape index (κ2) is 5.53. The molecule has 2 rings (SSSR count). The Kier molecular flexibility index (Phi) is 3.94. The first kappa shape index (κ1) is 9.98. The van der Waals surface area contributed by atoms with Crippen LogP contribution in [0.3, 0.4) is 0 Å². The number of aromatic nitrogens is 1. The second-order valence-corrected chi connectivity index (χ2v) is 2.42. The smallest absolute Gasteiger partial charge is 0.248 e. The average molecular weight is 190 g/mol. The highest BCUT2D eigenvalue weighted by Gasteiger charge is 1.93. The molecule has 1 amide bonds. The van der Waals surface area contributed by atoms with E-state index in [2.05, 4.69) is 9.68 Å². The van der Waals surface area contributed by atoms with Crippen molar-refractivity contribution in [2.45, 2.75) is 0 Å². The van der Waals surface area contributed by atoms with Gasteiger partial charge in [0.1, 0.15) is 6.26 Å². The van der Waals surface area contributed by atoms with Crippen LogP contribution in [-0.4, -0.2) is 11.1 Å². The van der Waals surface area contributed by atoms with Gasteiger partial charge in [0, 0.05) is 5.56 Å². The van der Waals surface area contributed by atoms with Gasteiger partial charge >= 0.3 is 0 Å². The first-order chi connectivity index (χ1) is 6.80. The third-order valence-electron chi connectivity index (χ3n) is 1.41. The predicted molar refractivity (Wildman–Crippen MR) is 51.5 cm³/mol. The molecule has 0 aliphatic heterocycles. The number of benzene rings is 1. The molecule has 0 radical (unpaired) electrons. The SMILES string of the molecule is NC(=O)c1ccccc1.c1cnoc1. The topological polar surface area (TPSA) is 69.1 Å². The minimum absolute atomic E-state index is 0.379. The van der Waals surface area contributed by atoms with Crippen molar-refractivity contribution < 1.29 is 9.32 Å². The molecule has 1 aromatic heterocycles. The van der Waals surface area contributed by atoms with E-state index < -0.39 is 0 Å². The molecule has 72 valence electrons. The highest BCUT2D eigenvalue weighted by molar-refractivity contribution is 5.92. The van der Waals surface area contributed by atoms with E-state index in [9.17, 15) is 4.79 Å². The third kappa shape index (κ3) is 3.53. The van der Waals surface area contributed by atoms with Crippen LogP contribution in [0.25, 0.3) is 0 Å². The highest BCUT2D eigenvalue weighted by Crippen LogP contribution is 1.94. The molecule has 1 heterocycles.